The number of carbonyl (C=O) groups is 1. The van der Waals surface area contributed by atoms with Crippen LogP contribution in [0.3, 0.4) is 0 Å². The Morgan fingerprint density at radius 1 is 1.53 bits per heavy atom. The van der Waals surface area contributed by atoms with E-state index in [4.69, 9.17) is 4.74 Å². The van der Waals surface area contributed by atoms with E-state index >= 15 is 0 Å². The monoisotopic (exact) mass is 292 g/mol. The highest BCUT2D eigenvalue weighted by Crippen LogP contribution is 2.29. The largest absolute Gasteiger partial charge is 0.455 e. The maximum absolute atomic E-state index is 11.7. The SMILES string of the molecule is CNc1sc(Br)nc1C(=O)OC(C)(C)C. The van der Waals surface area contributed by atoms with Crippen molar-refractivity contribution in [1.82, 2.24) is 4.98 Å². The van der Waals surface area contributed by atoms with Crippen LogP contribution in [0.2, 0.25) is 0 Å². The molecule has 0 saturated heterocycles. The number of rotatable bonds is 2. The van der Waals surface area contributed by atoms with Gasteiger partial charge in [0.05, 0.1) is 0 Å². The van der Waals surface area contributed by atoms with E-state index in [1.54, 1.807) is 7.05 Å². The first kappa shape index (κ1) is 12.4. The molecule has 0 bridgehead atoms. The number of aromatic nitrogens is 1. The van der Waals surface area contributed by atoms with Crippen LogP contribution in [0.15, 0.2) is 3.92 Å². The third-order valence-corrected chi connectivity index (χ3v) is 2.94. The summed E-state index contributed by atoms with van der Waals surface area (Å²) in [7, 11) is 1.74. The van der Waals surface area contributed by atoms with Gasteiger partial charge in [0, 0.05) is 7.05 Å². The molecule has 6 heteroatoms. The molecule has 0 amide bonds. The number of nitrogens with one attached hydrogen (secondary N) is 1. The molecule has 1 aromatic rings. The van der Waals surface area contributed by atoms with Crippen LogP contribution in [0.25, 0.3) is 0 Å². The molecule has 0 saturated carbocycles. The highest BCUT2D eigenvalue weighted by molar-refractivity contribution is 9.11. The summed E-state index contributed by atoms with van der Waals surface area (Å²) in [5.74, 6) is -0.409. The fourth-order valence-electron chi connectivity index (χ4n) is 0.928. The standard InChI is InChI=1S/C9H13BrN2O2S/c1-9(2,3)14-7(13)5-6(11-4)15-8(10)12-5/h11H,1-4H3. The summed E-state index contributed by atoms with van der Waals surface area (Å²) < 4.78 is 5.88. The molecule has 0 fully saturated rings. The van der Waals surface area contributed by atoms with Gasteiger partial charge in [0.1, 0.15) is 10.6 Å². The topological polar surface area (TPSA) is 51.2 Å². The minimum atomic E-state index is -0.502. The van der Waals surface area contributed by atoms with Crippen molar-refractivity contribution in [1.29, 1.82) is 0 Å². The zero-order valence-electron chi connectivity index (χ0n) is 9.05. The van der Waals surface area contributed by atoms with Gasteiger partial charge in [-0.2, -0.15) is 0 Å². The van der Waals surface area contributed by atoms with Gasteiger partial charge in [-0.15, -0.1) is 0 Å². The Bertz CT molecular complexity index is 371. The maximum Gasteiger partial charge on any atom is 0.360 e. The molecule has 0 atom stereocenters. The van der Waals surface area contributed by atoms with E-state index in [2.05, 4.69) is 26.2 Å². The molecule has 4 nitrogen and oxygen atoms in total. The molecule has 0 aromatic carbocycles. The molecule has 1 N–H and O–H groups in total. The van der Waals surface area contributed by atoms with Gasteiger partial charge in [-0.1, -0.05) is 11.3 Å². The summed E-state index contributed by atoms with van der Waals surface area (Å²) >= 11 is 4.59. The first-order valence-corrected chi connectivity index (χ1v) is 6.02. The van der Waals surface area contributed by atoms with E-state index in [1.807, 2.05) is 20.8 Å². The van der Waals surface area contributed by atoms with Gasteiger partial charge in [0.15, 0.2) is 9.61 Å². The fourth-order valence-corrected chi connectivity index (χ4v) is 2.22. The number of anilines is 1. The molecule has 0 unspecified atom stereocenters. The molecule has 0 radical (unpaired) electrons. The molecule has 1 rings (SSSR count). The molecule has 0 aliphatic heterocycles. The average molecular weight is 293 g/mol. The number of thiazole rings is 1. The lowest BCUT2D eigenvalue weighted by Gasteiger charge is -2.18. The van der Waals surface area contributed by atoms with Gasteiger partial charge in [-0.3, -0.25) is 0 Å². The molecular weight excluding hydrogens is 280 g/mol. The van der Waals surface area contributed by atoms with Crippen LogP contribution in [0, 0.1) is 0 Å². The van der Waals surface area contributed by atoms with Gasteiger partial charge >= 0.3 is 5.97 Å². The summed E-state index contributed by atoms with van der Waals surface area (Å²) in [6, 6.07) is 0. The first-order chi connectivity index (χ1) is 6.83. The summed E-state index contributed by atoms with van der Waals surface area (Å²) in [4.78, 5) is 15.8. The number of ether oxygens (including phenoxy) is 1. The number of hydrogen-bond donors (Lipinski definition) is 1. The molecule has 1 aromatic heterocycles. The van der Waals surface area contributed by atoms with Crippen molar-refractivity contribution >= 4 is 38.2 Å². The molecule has 84 valence electrons. The van der Waals surface area contributed by atoms with Gasteiger partial charge in [0.25, 0.3) is 0 Å². The van der Waals surface area contributed by atoms with Crippen molar-refractivity contribution in [3.8, 4) is 0 Å². The summed E-state index contributed by atoms with van der Waals surface area (Å²) in [5, 5.41) is 3.61. The van der Waals surface area contributed by atoms with E-state index in [9.17, 15) is 4.79 Å². The fraction of sp³-hybridized carbons (Fsp3) is 0.556. The van der Waals surface area contributed by atoms with Crippen LogP contribution >= 0.6 is 27.3 Å². The number of nitrogens with zero attached hydrogens (tertiary/aromatic N) is 1. The zero-order valence-corrected chi connectivity index (χ0v) is 11.5. The van der Waals surface area contributed by atoms with Crippen LogP contribution in [-0.2, 0) is 4.74 Å². The molecule has 15 heavy (non-hydrogen) atoms. The third kappa shape index (κ3) is 3.46. The first-order valence-electron chi connectivity index (χ1n) is 4.41. The second kappa shape index (κ2) is 4.49. The van der Waals surface area contributed by atoms with Crippen LogP contribution in [0.1, 0.15) is 31.3 Å². The Hall–Kier alpha value is -0.620. The average Bonchev–Trinajstić information content (AvgIpc) is 2.43. The van der Waals surface area contributed by atoms with E-state index < -0.39 is 11.6 Å². The van der Waals surface area contributed by atoms with Gasteiger partial charge in [-0.05, 0) is 36.7 Å². The third-order valence-electron chi connectivity index (χ3n) is 1.42. The zero-order chi connectivity index (χ0) is 11.6. The lowest BCUT2D eigenvalue weighted by atomic mass is 10.2. The number of esters is 1. The van der Waals surface area contributed by atoms with Crippen molar-refractivity contribution in [2.75, 3.05) is 12.4 Å². The van der Waals surface area contributed by atoms with Crippen LogP contribution in [0.5, 0.6) is 0 Å². The van der Waals surface area contributed by atoms with Crippen molar-refractivity contribution in [2.24, 2.45) is 0 Å². The molecular formula is C9H13BrN2O2S. The Kier molecular flexibility index (Phi) is 3.72. The van der Waals surface area contributed by atoms with Crippen LogP contribution in [0.4, 0.5) is 5.00 Å². The minimum absolute atomic E-state index is 0.323. The summed E-state index contributed by atoms with van der Waals surface area (Å²) in [5.41, 5.74) is -0.178. The van der Waals surface area contributed by atoms with Crippen molar-refractivity contribution in [3.05, 3.63) is 9.61 Å². The Labute approximate surface area is 101 Å². The normalized spacial score (nSPS) is 11.3. The lowest BCUT2D eigenvalue weighted by molar-refractivity contribution is 0.00647. The van der Waals surface area contributed by atoms with E-state index in [-0.39, 0.29) is 0 Å². The van der Waals surface area contributed by atoms with E-state index in [0.717, 1.165) is 0 Å². The number of hydrogen-bond acceptors (Lipinski definition) is 5. The van der Waals surface area contributed by atoms with Crippen molar-refractivity contribution in [3.63, 3.8) is 0 Å². The number of halogens is 1. The summed E-state index contributed by atoms with van der Waals surface area (Å²) in [6.07, 6.45) is 0. The van der Waals surface area contributed by atoms with Crippen LogP contribution < -0.4 is 5.32 Å². The second-order valence-electron chi connectivity index (χ2n) is 3.90. The van der Waals surface area contributed by atoms with E-state index in [0.29, 0.717) is 14.6 Å². The molecule has 0 aliphatic rings. The molecule has 0 aliphatic carbocycles. The minimum Gasteiger partial charge on any atom is -0.455 e. The van der Waals surface area contributed by atoms with Crippen LogP contribution in [-0.4, -0.2) is 23.6 Å². The van der Waals surface area contributed by atoms with Gasteiger partial charge < -0.3 is 10.1 Å². The van der Waals surface area contributed by atoms with E-state index in [1.165, 1.54) is 11.3 Å². The Morgan fingerprint density at radius 3 is 2.60 bits per heavy atom. The molecule has 0 spiro atoms. The van der Waals surface area contributed by atoms with Crippen molar-refractivity contribution in [2.45, 2.75) is 26.4 Å². The smallest absolute Gasteiger partial charge is 0.360 e. The summed E-state index contributed by atoms with van der Waals surface area (Å²) in [6.45, 7) is 5.47. The Morgan fingerprint density at radius 2 is 2.13 bits per heavy atom. The number of carbonyl (C=O) groups excluding carboxylic acids is 1. The maximum atomic E-state index is 11.7. The lowest BCUT2D eigenvalue weighted by Crippen LogP contribution is -2.24. The molecule has 1 heterocycles. The Balaban J connectivity index is 2.91. The highest BCUT2D eigenvalue weighted by Gasteiger charge is 2.23. The second-order valence-corrected chi connectivity index (χ2v) is 6.17. The quantitative estimate of drug-likeness (QED) is 0.852. The highest BCUT2D eigenvalue weighted by atomic mass is 79.9. The van der Waals surface area contributed by atoms with Gasteiger partial charge in [-0.25, -0.2) is 9.78 Å². The van der Waals surface area contributed by atoms with Crippen molar-refractivity contribution < 1.29 is 9.53 Å². The van der Waals surface area contributed by atoms with Gasteiger partial charge in [0.2, 0.25) is 0 Å². The predicted molar refractivity (Wildman–Crippen MR) is 64.5 cm³/mol. The predicted octanol–water partition coefficient (Wildman–Crippen LogP) is 2.90.